The standard InChI is InChI=1S/C29H52N2O4Si2/c1-28-16-15-21(30-32-3)17-20(28)11-12-22-23-13-14-24(25(31-33-4)19-34-36(5,6)7)29(23,2)18-26(27(22)28)35-37(8,9)10/h17,22-24,26-27H,11-16,18-19H2,1-10H3/t22-,23-,24+,26-,27+,28-,29-/m0/s1. The Morgan fingerprint density at radius 3 is 2.32 bits per heavy atom. The number of rotatable bonds is 8. The van der Waals surface area contributed by atoms with Crippen LogP contribution in [-0.2, 0) is 18.5 Å². The number of hydrogen-bond donors (Lipinski definition) is 0. The molecule has 0 aromatic rings. The lowest BCUT2D eigenvalue weighted by Gasteiger charge is -2.61. The normalized spacial score (nSPS) is 39.5. The summed E-state index contributed by atoms with van der Waals surface area (Å²) in [5.41, 5.74) is 4.11. The minimum atomic E-state index is -1.76. The zero-order valence-corrected chi connectivity index (χ0v) is 27.1. The van der Waals surface area contributed by atoms with Crippen LogP contribution in [0.1, 0.15) is 58.8 Å². The van der Waals surface area contributed by atoms with Crippen LogP contribution in [-0.4, -0.2) is 55.0 Å². The average Bonchev–Trinajstić information content (AvgIpc) is 3.11. The van der Waals surface area contributed by atoms with Crippen molar-refractivity contribution >= 4 is 28.1 Å². The summed E-state index contributed by atoms with van der Waals surface area (Å²) in [6, 6.07) is 0. The van der Waals surface area contributed by atoms with Crippen LogP contribution in [0.3, 0.4) is 0 Å². The fourth-order valence-corrected chi connectivity index (χ4v) is 10.3. The predicted octanol–water partition coefficient (Wildman–Crippen LogP) is 7.25. The largest absolute Gasteiger partial charge is 0.414 e. The third-order valence-electron chi connectivity index (χ3n) is 9.86. The van der Waals surface area contributed by atoms with Gasteiger partial charge >= 0.3 is 0 Å². The van der Waals surface area contributed by atoms with Crippen molar-refractivity contribution in [3.63, 3.8) is 0 Å². The Labute approximate surface area is 227 Å². The van der Waals surface area contributed by atoms with Gasteiger partial charge in [0.2, 0.25) is 0 Å². The summed E-state index contributed by atoms with van der Waals surface area (Å²) in [5.74, 6) is 2.31. The second-order valence-electron chi connectivity index (χ2n) is 14.5. The maximum atomic E-state index is 7.17. The highest BCUT2D eigenvalue weighted by Gasteiger charge is 2.63. The molecule has 0 bridgehead atoms. The van der Waals surface area contributed by atoms with Gasteiger partial charge < -0.3 is 18.5 Å². The molecule has 0 N–H and O–H groups in total. The molecule has 0 aliphatic heterocycles. The van der Waals surface area contributed by atoms with Crippen LogP contribution in [0.25, 0.3) is 0 Å². The molecule has 4 rings (SSSR count). The van der Waals surface area contributed by atoms with Crippen molar-refractivity contribution in [2.75, 3.05) is 20.8 Å². The molecule has 3 fully saturated rings. The zero-order valence-electron chi connectivity index (χ0n) is 25.1. The zero-order chi connectivity index (χ0) is 27.2. The molecule has 3 saturated carbocycles. The molecule has 0 spiro atoms. The number of hydrogen-bond acceptors (Lipinski definition) is 6. The van der Waals surface area contributed by atoms with E-state index in [9.17, 15) is 0 Å². The van der Waals surface area contributed by atoms with Gasteiger partial charge in [-0.05, 0) is 119 Å². The lowest BCUT2D eigenvalue weighted by atomic mass is 9.46. The van der Waals surface area contributed by atoms with Gasteiger partial charge in [0, 0.05) is 12.0 Å². The summed E-state index contributed by atoms with van der Waals surface area (Å²) < 4.78 is 13.6. The van der Waals surface area contributed by atoms with Crippen molar-refractivity contribution in [2.45, 2.75) is 104 Å². The molecule has 0 radical (unpaired) electrons. The molecule has 0 heterocycles. The van der Waals surface area contributed by atoms with Crippen molar-refractivity contribution < 1.29 is 18.5 Å². The number of oxime groups is 2. The number of fused-ring (bicyclic) bond motifs is 5. The van der Waals surface area contributed by atoms with Gasteiger partial charge in [-0.2, -0.15) is 0 Å². The van der Waals surface area contributed by atoms with Gasteiger partial charge in [0.1, 0.15) is 14.2 Å². The summed E-state index contributed by atoms with van der Waals surface area (Å²) in [5, 5.41) is 8.92. The molecular formula is C29H52N2O4Si2. The summed E-state index contributed by atoms with van der Waals surface area (Å²) in [7, 11) is -0.0849. The fraction of sp³-hybridized carbons (Fsp3) is 0.862. The van der Waals surface area contributed by atoms with Gasteiger partial charge in [-0.25, -0.2) is 0 Å². The summed E-state index contributed by atoms with van der Waals surface area (Å²) >= 11 is 0. The number of nitrogens with zero attached hydrogens (tertiary/aromatic N) is 2. The summed E-state index contributed by atoms with van der Waals surface area (Å²) in [6.45, 7) is 19.5. The summed E-state index contributed by atoms with van der Waals surface area (Å²) in [4.78, 5) is 10.6. The van der Waals surface area contributed by atoms with E-state index in [1.165, 1.54) is 19.3 Å². The molecule has 0 saturated heterocycles. The molecule has 0 aromatic carbocycles. The van der Waals surface area contributed by atoms with Crippen LogP contribution >= 0.6 is 0 Å². The van der Waals surface area contributed by atoms with Gasteiger partial charge in [-0.15, -0.1) is 0 Å². The van der Waals surface area contributed by atoms with Gasteiger partial charge in [-0.3, -0.25) is 0 Å². The third-order valence-corrected chi connectivity index (χ3v) is 11.9. The van der Waals surface area contributed by atoms with Crippen molar-refractivity contribution in [3.8, 4) is 0 Å². The van der Waals surface area contributed by atoms with Gasteiger partial charge in [0.15, 0.2) is 16.6 Å². The molecule has 8 heteroatoms. The fourth-order valence-electron chi connectivity index (χ4n) is 8.56. The predicted molar refractivity (Wildman–Crippen MR) is 157 cm³/mol. The van der Waals surface area contributed by atoms with Crippen LogP contribution in [0.15, 0.2) is 22.0 Å². The van der Waals surface area contributed by atoms with Crippen molar-refractivity contribution in [1.82, 2.24) is 0 Å². The van der Waals surface area contributed by atoms with Crippen LogP contribution in [0.5, 0.6) is 0 Å². The van der Waals surface area contributed by atoms with Gasteiger partial charge in [0.25, 0.3) is 0 Å². The molecule has 37 heavy (non-hydrogen) atoms. The quantitative estimate of drug-likeness (QED) is 0.182. The Hall–Kier alpha value is -0.966. The summed E-state index contributed by atoms with van der Waals surface area (Å²) in [6.07, 6.45) is 10.7. The first kappa shape index (κ1) is 29.0. The Morgan fingerprint density at radius 2 is 1.70 bits per heavy atom. The van der Waals surface area contributed by atoms with E-state index in [-0.39, 0.29) is 16.9 Å². The average molecular weight is 549 g/mol. The molecule has 4 aliphatic carbocycles. The highest BCUT2D eigenvalue weighted by Crippen LogP contribution is 2.67. The van der Waals surface area contributed by atoms with E-state index < -0.39 is 16.6 Å². The second kappa shape index (κ2) is 10.5. The van der Waals surface area contributed by atoms with E-state index >= 15 is 0 Å². The SMILES string of the molecule is CON=C1C=C2CC[C@@H]3[C@H]([C@@H](O[Si](C)(C)C)C[C@]4(C)[C@@H](C(CO[Si](C)(C)C)=NOC)CC[C@@H]34)[C@@]2(C)CC1. The van der Waals surface area contributed by atoms with E-state index in [1.807, 2.05) is 0 Å². The minimum Gasteiger partial charge on any atom is -0.414 e. The smallest absolute Gasteiger partial charge is 0.184 e. The molecule has 0 aromatic heterocycles. The van der Waals surface area contributed by atoms with Crippen molar-refractivity contribution in [3.05, 3.63) is 11.6 Å². The van der Waals surface area contributed by atoms with Crippen LogP contribution in [0.2, 0.25) is 39.3 Å². The van der Waals surface area contributed by atoms with E-state index in [4.69, 9.17) is 18.5 Å². The van der Waals surface area contributed by atoms with E-state index in [0.717, 1.165) is 37.1 Å². The minimum absolute atomic E-state index is 0.153. The van der Waals surface area contributed by atoms with E-state index in [2.05, 4.69) is 69.5 Å². The Morgan fingerprint density at radius 1 is 0.973 bits per heavy atom. The first-order valence-corrected chi connectivity index (χ1v) is 21.3. The van der Waals surface area contributed by atoms with Crippen molar-refractivity contribution in [2.24, 2.45) is 44.8 Å². The van der Waals surface area contributed by atoms with Crippen LogP contribution in [0.4, 0.5) is 0 Å². The molecule has 210 valence electrons. The Kier molecular flexibility index (Phi) is 8.27. The molecule has 0 amide bonds. The molecule has 6 nitrogen and oxygen atoms in total. The second-order valence-corrected chi connectivity index (χ2v) is 23.4. The van der Waals surface area contributed by atoms with E-state index in [1.54, 1.807) is 19.8 Å². The molecular weight excluding hydrogens is 497 g/mol. The monoisotopic (exact) mass is 548 g/mol. The maximum Gasteiger partial charge on any atom is 0.184 e. The third kappa shape index (κ3) is 5.82. The maximum absolute atomic E-state index is 7.17. The molecule has 7 atom stereocenters. The molecule has 0 unspecified atom stereocenters. The van der Waals surface area contributed by atoms with Crippen LogP contribution in [0, 0.1) is 34.5 Å². The highest BCUT2D eigenvalue weighted by atomic mass is 28.4. The highest BCUT2D eigenvalue weighted by molar-refractivity contribution is 6.70. The Balaban J connectivity index is 1.71. The van der Waals surface area contributed by atoms with Gasteiger partial charge in [-0.1, -0.05) is 29.7 Å². The number of allylic oxidation sites excluding steroid dienone is 2. The first-order chi connectivity index (χ1) is 17.2. The Bertz CT molecular complexity index is 937. The van der Waals surface area contributed by atoms with Crippen molar-refractivity contribution in [1.29, 1.82) is 0 Å². The van der Waals surface area contributed by atoms with Gasteiger partial charge in [0.05, 0.1) is 18.0 Å². The van der Waals surface area contributed by atoms with Crippen LogP contribution < -0.4 is 0 Å². The first-order valence-electron chi connectivity index (χ1n) is 14.4. The lowest BCUT2D eigenvalue weighted by Crippen LogP contribution is -2.59. The molecule has 4 aliphatic rings. The lowest BCUT2D eigenvalue weighted by molar-refractivity contribution is -0.114. The van der Waals surface area contributed by atoms with E-state index in [0.29, 0.717) is 30.3 Å². The topological polar surface area (TPSA) is 61.6 Å².